The number of hydrogen-bond acceptors (Lipinski definition) is 1. The van der Waals surface area contributed by atoms with Gasteiger partial charge in [-0.25, -0.2) is 13.2 Å². The summed E-state index contributed by atoms with van der Waals surface area (Å²) in [6.07, 6.45) is 0. The van der Waals surface area contributed by atoms with Crippen LogP contribution in [-0.4, -0.2) is 0 Å². The molecule has 4 heteroatoms. The lowest BCUT2D eigenvalue weighted by molar-refractivity contribution is 0.220. The average Bonchev–Trinajstić information content (AvgIpc) is 2.06. The molecule has 84 valence electrons. The van der Waals surface area contributed by atoms with Crippen molar-refractivity contribution < 1.29 is 13.2 Å². The molecule has 0 fully saturated rings. The zero-order chi connectivity index (χ0) is 11.8. The Morgan fingerprint density at radius 2 is 1.80 bits per heavy atom. The van der Waals surface area contributed by atoms with Gasteiger partial charge in [-0.15, -0.1) is 0 Å². The summed E-state index contributed by atoms with van der Waals surface area (Å²) in [5, 5.41) is 0. The summed E-state index contributed by atoms with van der Waals surface area (Å²) in [5.41, 5.74) is 3.84. The van der Waals surface area contributed by atoms with Crippen LogP contribution in [0.1, 0.15) is 37.9 Å². The van der Waals surface area contributed by atoms with Gasteiger partial charge in [0.15, 0.2) is 11.6 Å². The monoisotopic (exact) mass is 217 g/mol. The molecule has 0 aliphatic rings. The highest BCUT2D eigenvalue weighted by molar-refractivity contribution is 5.31. The Morgan fingerprint density at radius 1 is 1.27 bits per heavy atom. The van der Waals surface area contributed by atoms with E-state index in [0.717, 1.165) is 6.07 Å². The van der Waals surface area contributed by atoms with E-state index in [1.165, 1.54) is 26.8 Å². The molecule has 0 amide bonds. The van der Waals surface area contributed by atoms with Crippen molar-refractivity contribution in [3.8, 4) is 0 Å². The van der Waals surface area contributed by atoms with Crippen molar-refractivity contribution in [3.05, 3.63) is 34.9 Å². The molecule has 0 bridgehead atoms. The van der Waals surface area contributed by atoms with Gasteiger partial charge in [-0.3, -0.25) is 0 Å². The zero-order valence-electron chi connectivity index (χ0n) is 8.94. The van der Waals surface area contributed by atoms with Gasteiger partial charge in [-0.2, -0.15) is 0 Å². The molecule has 0 saturated heterocycles. The van der Waals surface area contributed by atoms with Gasteiger partial charge >= 0.3 is 0 Å². The van der Waals surface area contributed by atoms with E-state index in [-0.39, 0.29) is 11.1 Å². The summed E-state index contributed by atoms with van der Waals surface area (Å²) in [6.45, 7) is 4.09. The van der Waals surface area contributed by atoms with E-state index in [1.807, 2.05) is 0 Å². The fraction of sp³-hybridized carbons (Fsp3) is 0.455. The van der Waals surface area contributed by atoms with Crippen molar-refractivity contribution in [1.29, 1.82) is 0 Å². The predicted octanol–water partition coefficient (Wildman–Crippen LogP) is 3.19. The lowest BCUT2D eigenvalue weighted by Crippen LogP contribution is -2.15. The minimum Gasteiger partial charge on any atom is -0.324 e. The summed E-state index contributed by atoms with van der Waals surface area (Å²) in [5.74, 6) is -2.07. The van der Waals surface area contributed by atoms with Crippen molar-refractivity contribution in [1.82, 2.24) is 0 Å². The van der Waals surface area contributed by atoms with Gasteiger partial charge in [0, 0.05) is 11.6 Å². The largest absolute Gasteiger partial charge is 0.324 e. The van der Waals surface area contributed by atoms with Crippen molar-refractivity contribution in [2.75, 3.05) is 0 Å². The van der Waals surface area contributed by atoms with Crippen molar-refractivity contribution >= 4 is 0 Å². The van der Waals surface area contributed by atoms with E-state index in [0.29, 0.717) is 0 Å². The molecule has 1 atom stereocenters. The van der Waals surface area contributed by atoms with Gasteiger partial charge in [-0.1, -0.05) is 0 Å². The summed E-state index contributed by atoms with van der Waals surface area (Å²) in [4.78, 5) is 0. The van der Waals surface area contributed by atoms with Crippen LogP contribution in [0.4, 0.5) is 13.2 Å². The third-order valence-electron chi connectivity index (χ3n) is 2.23. The number of rotatable bonds is 2. The van der Waals surface area contributed by atoms with Gasteiger partial charge in [0.2, 0.25) is 0 Å². The second kappa shape index (κ2) is 3.85. The van der Waals surface area contributed by atoms with E-state index in [9.17, 15) is 13.2 Å². The first-order valence-corrected chi connectivity index (χ1v) is 4.67. The van der Waals surface area contributed by atoms with Crippen molar-refractivity contribution in [3.63, 3.8) is 0 Å². The van der Waals surface area contributed by atoms with Crippen LogP contribution in [0.25, 0.3) is 0 Å². The van der Waals surface area contributed by atoms with E-state index in [1.54, 1.807) is 0 Å². The van der Waals surface area contributed by atoms with Crippen LogP contribution in [0.5, 0.6) is 0 Å². The van der Waals surface area contributed by atoms with Crippen LogP contribution in [0.3, 0.4) is 0 Å². The summed E-state index contributed by atoms with van der Waals surface area (Å²) >= 11 is 0. The fourth-order valence-electron chi connectivity index (χ4n) is 1.28. The first kappa shape index (κ1) is 12.0. The van der Waals surface area contributed by atoms with Gasteiger partial charge in [0.25, 0.3) is 0 Å². The second-order valence-corrected chi connectivity index (χ2v) is 4.12. The van der Waals surface area contributed by atoms with Gasteiger partial charge in [-0.05, 0) is 38.5 Å². The van der Waals surface area contributed by atoms with Crippen LogP contribution in [0, 0.1) is 11.6 Å². The maximum Gasteiger partial charge on any atom is 0.163 e. The standard InChI is InChI=1S/C11H14F3N/c1-6(15)8-4-7(11(2,3)14)5-9(12)10(8)13/h4-6H,15H2,1-3H3. The first-order chi connectivity index (χ1) is 6.73. The highest BCUT2D eigenvalue weighted by Crippen LogP contribution is 2.29. The zero-order valence-corrected chi connectivity index (χ0v) is 8.94. The SMILES string of the molecule is CC(N)c1cc(C(C)(C)F)cc(F)c1F. The lowest BCUT2D eigenvalue weighted by atomic mass is 9.95. The van der Waals surface area contributed by atoms with Gasteiger partial charge < -0.3 is 5.73 Å². The maximum absolute atomic E-state index is 13.5. The van der Waals surface area contributed by atoms with E-state index in [2.05, 4.69) is 0 Å². The Balaban J connectivity index is 3.36. The minimum atomic E-state index is -1.71. The quantitative estimate of drug-likeness (QED) is 0.808. The predicted molar refractivity (Wildman–Crippen MR) is 53.1 cm³/mol. The summed E-state index contributed by atoms with van der Waals surface area (Å²) in [6, 6.07) is 1.46. The van der Waals surface area contributed by atoms with Crippen LogP contribution >= 0.6 is 0 Å². The summed E-state index contributed by atoms with van der Waals surface area (Å²) in [7, 11) is 0. The number of benzene rings is 1. The molecule has 1 aromatic rings. The molecule has 0 spiro atoms. The Labute approximate surface area is 87.1 Å². The number of hydrogen-bond donors (Lipinski definition) is 1. The lowest BCUT2D eigenvalue weighted by Gasteiger charge is -2.18. The van der Waals surface area contributed by atoms with Crippen LogP contribution < -0.4 is 5.73 Å². The Kier molecular flexibility index (Phi) is 3.09. The van der Waals surface area contributed by atoms with Crippen molar-refractivity contribution in [2.45, 2.75) is 32.5 Å². The first-order valence-electron chi connectivity index (χ1n) is 4.67. The maximum atomic E-state index is 13.5. The van der Waals surface area contributed by atoms with Crippen molar-refractivity contribution in [2.24, 2.45) is 5.73 Å². The van der Waals surface area contributed by atoms with Gasteiger partial charge in [0.1, 0.15) is 5.67 Å². The highest BCUT2D eigenvalue weighted by atomic mass is 19.2. The third kappa shape index (κ3) is 2.50. The highest BCUT2D eigenvalue weighted by Gasteiger charge is 2.23. The molecule has 0 heterocycles. The number of halogens is 3. The normalized spacial score (nSPS) is 14.1. The van der Waals surface area contributed by atoms with Gasteiger partial charge in [0.05, 0.1) is 0 Å². The fourth-order valence-corrected chi connectivity index (χ4v) is 1.28. The Bertz CT molecular complexity index is 367. The molecule has 2 N–H and O–H groups in total. The molecule has 0 aliphatic heterocycles. The van der Waals surface area contributed by atoms with Crippen LogP contribution in [0.2, 0.25) is 0 Å². The second-order valence-electron chi connectivity index (χ2n) is 4.12. The average molecular weight is 217 g/mol. The molecule has 1 rings (SSSR count). The smallest absolute Gasteiger partial charge is 0.163 e. The molecule has 0 radical (unpaired) electrons. The molecule has 0 saturated carbocycles. The van der Waals surface area contributed by atoms with E-state index >= 15 is 0 Å². The molecule has 1 aromatic carbocycles. The Hall–Kier alpha value is -1.03. The molecule has 1 nitrogen and oxygen atoms in total. The molecule has 0 aliphatic carbocycles. The van der Waals surface area contributed by atoms with Crippen LogP contribution in [-0.2, 0) is 5.67 Å². The minimum absolute atomic E-state index is 0.00396. The Morgan fingerprint density at radius 3 is 2.20 bits per heavy atom. The molecular weight excluding hydrogens is 203 g/mol. The number of alkyl halides is 1. The van der Waals surface area contributed by atoms with E-state index in [4.69, 9.17) is 5.73 Å². The van der Waals surface area contributed by atoms with Crippen LogP contribution in [0.15, 0.2) is 12.1 Å². The van der Waals surface area contributed by atoms with E-state index < -0.39 is 23.3 Å². The summed E-state index contributed by atoms with van der Waals surface area (Å²) < 4.78 is 39.9. The molecule has 1 unspecified atom stereocenters. The number of nitrogens with two attached hydrogens (primary N) is 1. The third-order valence-corrected chi connectivity index (χ3v) is 2.23. The molecular formula is C11H14F3N. The molecule has 0 aromatic heterocycles. The topological polar surface area (TPSA) is 26.0 Å². The molecule has 15 heavy (non-hydrogen) atoms.